The molecular weight excluding hydrogens is 164 g/mol. The van der Waals surface area contributed by atoms with Crippen LogP contribution in [0.1, 0.15) is 46.0 Å². The van der Waals surface area contributed by atoms with Crippen LogP contribution in [0.25, 0.3) is 0 Å². The van der Waals surface area contributed by atoms with Crippen molar-refractivity contribution in [3.8, 4) is 0 Å². The summed E-state index contributed by atoms with van der Waals surface area (Å²) in [6.45, 7) is 4.57. The van der Waals surface area contributed by atoms with Gasteiger partial charge in [-0.15, -0.1) is 0 Å². The van der Waals surface area contributed by atoms with E-state index >= 15 is 0 Å². The summed E-state index contributed by atoms with van der Waals surface area (Å²) in [7, 11) is 0. The van der Waals surface area contributed by atoms with Crippen LogP contribution in [-0.2, 0) is 0 Å². The molecule has 1 heteroatoms. The summed E-state index contributed by atoms with van der Waals surface area (Å²) in [6, 6.07) is 0. The molecule has 0 fully saturated rings. The van der Waals surface area contributed by atoms with Gasteiger partial charge in [0.1, 0.15) is 0 Å². The molecule has 0 bridgehead atoms. The van der Waals surface area contributed by atoms with Crippen molar-refractivity contribution in [2.24, 2.45) is 0 Å². The summed E-state index contributed by atoms with van der Waals surface area (Å²) in [4.78, 5) is 0. The molecule has 0 amide bonds. The van der Waals surface area contributed by atoms with Gasteiger partial charge in [-0.3, -0.25) is 0 Å². The van der Waals surface area contributed by atoms with Crippen molar-refractivity contribution in [1.29, 1.82) is 0 Å². The van der Waals surface area contributed by atoms with Gasteiger partial charge in [0.05, 0.1) is 0 Å². The topological polar surface area (TPSA) is 0 Å². The molecule has 0 aliphatic carbocycles. The molecule has 1 rings (SSSR count). The maximum Gasteiger partial charge on any atom is 0.0149 e. The molecule has 0 aromatic carbocycles. The standard InChI is InChI=1S/C11H20S/c1-3-4-5-6-7-11-9-12-8-10(11)2/h3-9H2,1-2H3. The first kappa shape index (κ1) is 10.2. The molecule has 0 radical (unpaired) electrons. The minimum absolute atomic E-state index is 1.29. The van der Waals surface area contributed by atoms with Crippen LogP contribution in [0.3, 0.4) is 0 Å². The second kappa shape index (κ2) is 5.69. The first-order valence-corrected chi connectivity index (χ1v) is 6.25. The molecule has 1 heterocycles. The largest absolute Gasteiger partial charge is 0.153 e. The van der Waals surface area contributed by atoms with Crippen LogP contribution in [-0.4, -0.2) is 11.5 Å². The third-order valence-electron chi connectivity index (χ3n) is 2.53. The van der Waals surface area contributed by atoms with E-state index in [-0.39, 0.29) is 0 Å². The molecule has 1 aliphatic rings. The molecule has 0 aromatic rings. The Morgan fingerprint density at radius 2 is 2.00 bits per heavy atom. The van der Waals surface area contributed by atoms with Crippen LogP contribution in [0.4, 0.5) is 0 Å². The van der Waals surface area contributed by atoms with Crippen LogP contribution in [0.5, 0.6) is 0 Å². The SMILES string of the molecule is CCCCCCC1=C(C)CSC1. The van der Waals surface area contributed by atoms with Gasteiger partial charge in [-0.05, 0) is 19.8 Å². The summed E-state index contributed by atoms with van der Waals surface area (Å²) in [6.07, 6.45) is 6.99. The van der Waals surface area contributed by atoms with Gasteiger partial charge in [-0.1, -0.05) is 37.3 Å². The lowest BCUT2D eigenvalue weighted by Gasteiger charge is -2.02. The van der Waals surface area contributed by atoms with Crippen molar-refractivity contribution in [1.82, 2.24) is 0 Å². The Bertz CT molecular complexity index is 158. The van der Waals surface area contributed by atoms with E-state index in [9.17, 15) is 0 Å². The van der Waals surface area contributed by atoms with E-state index in [0.29, 0.717) is 0 Å². The second-order valence-corrected chi connectivity index (χ2v) is 4.67. The van der Waals surface area contributed by atoms with Crippen molar-refractivity contribution in [3.05, 3.63) is 11.1 Å². The zero-order valence-electron chi connectivity index (χ0n) is 8.36. The number of hydrogen-bond acceptors (Lipinski definition) is 1. The highest BCUT2D eigenvalue weighted by Gasteiger charge is 2.09. The van der Waals surface area contributed by atoms with Crippen molar-refractivity contribution >= 4 is 11.8 Å². The molecule has 0 nitrogen and oxygen atoms in total. The average molecular weight is 184 g/mol. The summed E-state index contributed by atoms with van der Waals surface area (Å²) >= 11 is 2.08. The highest BCUT2D eigenvalue weighted by Crippen LogP contribution is 2.27. The van der Waals surface area contributed by atoms with Crippen LogP contribution >= 0.6 is 11.8 Å². The predicted octanol–water partition coefficient (Wildman–Crippen LogP) is 4.02. The lowest BCUT2D eigenvalue weighted by molar-refractivity contribution is 0.664. The van der Waals surface area contributed by atoms with Gasteiger partial charge in [0.25, 0.3) is 0 Å². The van der Waals surface area contributed by atoms with Crippen LogP contribution in [0, 0.1) is 0 Å². The lowest BCUT2D eigenvalue weighted by Crippen LogP contribution is -1.86. The third-order valence-corrected chi connectivity index (χ3v) is 3.72. The molecule has 0 unspecified atom stereocenters. The molecule has 0 saturated heterocycles. The quantitative estimate of drug-likeness (QED) is 0.459. The molecule has 0 spiro atoms. The third kappa shape index (κ3) is 3.22. The Morgan fingerprint density at radius 1 is 1.17 bits per heavy atom. The minimum Gasteiger partial charge on any atom is -0.153 e. The normalized spacial score (nSPS) is 17.5. The van der Waals surface area contributed by atoms with E-state index in [2.05, 4.69) is 25.6 Å². The number of thioether (sulfide) groups is 1. The van der Waals surface area contributed by atoms with Gasteiger partial charge in [0.2, 0.25) is 0 Å². The highest BCUT2D eigenvalue weighted by atomic mass is 32.2. The molecule has 1 aliphatic heterocycles. The summed E-state index contributed by atoms with van der Waals surface area (Å²) < 4.78 is 0. The molecule has 0 atom stereocenters. The van der Waals surface area contributed by atoms with Gasteiger partial charge in [0, 0.05) is 11.5 Å². The Balaban J connectivity index is 2.10. The molecule has 70 valence electrons. The Labute approximate surface area is 80.8 Å². The van der Waals surface area contributed by atoms with Crippen molar-refractivity contribution in [2.45, 2.75) is 46.0 Å². The Hall–Kier alpha value is 0.0900. The van der Waals surface area contributed by atoms with Crippen molar-refractivity contribution in [2.75, 3.05) is 11.5 Å². The second-order valence-electron chi connectivity index (χ2n) is 3.69. The number of hydrogen-bond donors (Lipinski definition) is 0. The summed E-state index contributed by atoms with van der Waals surface area (Å²) in [5.74, 6) is 2.61. The fraction of sp³-hybridized carbons (Fsp3) is 0.818. The van der Waals surface area contributed by atoms with Crippen LogP contribution < -0.4 is 0 Å². The van der Waals surface area contributed by atoms with E-state index in [1.165, 1.54) is 43.6 Å². The van der Waals surface area contributed by atoms with E-state index in [1.807, 2.05) is 0 Å². The first-order chi connectivity index (χ1) is 5.84. The zero-order chi connectivity index (χ0) is 8.81. The molecule has 0 N–H and O–H groups in total. The van der Waals surface area contributed by atoms with E-state index < -0.39 is 0 Å². The van der Waals surface area contributed by atoms with Crippen molar-refractivity contribution in [3.63, 3.8) is 0 Å². The minimum atomic E-state index is 1.29. The van der Waals surface area contributed by atoms with Crippen molar-refractivity contribution < 1.29 is 0 Å². The Morgan fingerprint density at radius 3 is 2.58 bits per heavy atom. The van der Waals surface area contributed by atoms with Gasteiger partial charge in [-0.2, -0.15) is 11.8 Å². The smallest absolute Gasteiger partial charge is 0.0149 e. The molecule has 0 saturated carbocycles. The molecule has 0 aromatic heterocycles. The van der Waals surface area contributed by atoms with Gasteiger partial charge >= 0.3 is 0 Å². The van der Waals surface area contributed by atoms with Gasteiger partial charge in [-0.25, -0.2) is 0 Å². The van der Waals surface area contributed by atoms with Gasteiger partial charge < -0.3 is 0 Å². The first-order valence-electron chi connectivity index (χ1n) is 5.10. The monoisotopic (exact) mass is 184 g/mol. The maximum absolute atomic E-state index is 2.30. The number of unbranched alkanes of at least 4 members (excludes halogenated alkanes) is 3. The van der Waals surface area contributed by atoms with E-state index in [1.54, 1.807) is 11.1 Å². The van der Waals surface area contributed by atoms with E-state index in [4.69, 9.17) is 0 Å². The van der Waals surface area contributed by atoms with Gasteiger partial charge in [0.15, 0.2) is 0 Å². The van der Waals surface area contributed by atoms with Crippen LogP contribution in [0.2, 0.25) is 0 Å². The average Bonchev–Trinajstić information content (AvgIpc) is 2.46. The lowest BCUT2D eigenvalue weighted by atomic mass is 10.0. The summed E-state index contributed by atoms with van der Waals surface area (Å²) in [5, 5.41) is 0. The molecule has 12 heavy (non-hydrogen) atoms. The highest BCUT2D eigenvalue weighted by molar-refractivity contribution is 7.99. The fourth-order valence-corrected chi connectivity index (χ4v) is 2.85. The zero-order valence-corrected chi connectivity index (χ0v) is 9.17. The van der Waals surface area contributed by atoms with E-state index in [0.717, 1.165) is 0 Å². The predicted molar refractivity (Wildman–Crippen MR) is 58.8 cm³/mol. The molecular formula is C11H20S. The summed E-state index contributed by atoms with van der Waals surface area (Å²) in [5.41, 5.74) is 3.41. The maximum atomic E-state index is 2.30. The number of rotatable bonds is 5. The Kier molecular flexibility index (Phi) is 4.82. The van der Waals surface area contributed by atoms with Crippen LogP contribution in [0.15, 0.2) is 11.1 Å². The fourth-order valence-electron chi connectivity index (χ4n) is 1.60.